The number of carbonyl (C=O) groups is 2. The molecule has 0 unspecified atom stereocenters. The van der Waals surface area contributed by atoms with Crippen molar-refractivity contribution in [3.63, 3.8) is 0 Å². The number of rotatable bonds is 16. The third kappa shape index (κ3) is 11.2. The van der Waals surface area contributed by atoms with Crippen LogP contribution in [0.4, 0.5) is 9.59 Å². The van der Waals surface area contributed by atoms with Crippen molar-refractivity contribution in [3.8, 4) is 0 Å². The van der Waals surface area contributed by atoms with Crippen molar-refractivity contribution in [1.29, 1.82) is 0 Å². The predicted molar refractivity (Wildman–Crippen MR) is 175 cm³/mol. The van der Waals surface area contributed by atoms with E-state index < -0.39 is 12.2 Å². The first-order valence-corrected chi connectivity index (χ1v) is 16.4. The predicted octanol–water partition coefficient (Wildman–Crippen LogP) is 5.81. The molecule has 0 aliphatic heterocycles. The van der Waals surface area contributed by atoms with Crippen molar-refractivity contribution in [2.24, 2.45) is 0 Å². The van der Waals surface area contributed by atoms with E-state index >= 15 is 0 Å². The van der Waals surface area contributed by atoms with E-state index in [0.29, 0.717) is 32.5 Å². The summed E-state index contributed by atoms with van der Waals surface area (Å²) in [6.07, 6.45) is 5.50. The molecule has 234 valence electrons. The highest BCUT2D eigenvalue weighted by Gasteiger charge is 2.23. The molecular formula is C33H36N6O4S2. The molecule has 0 saturated carbocycles. The van der Waals surface area contributed by atoms with Gasteiger partial charge in [0, 0.05) is 56.0 Å². The van der Waals surface area contributed by atoms with Gasteiger partial charge in [0.15, 0.2) is 0 Å². The Balaban J connectivity index is 1.32. The van der Waals surface area contributed by atoms with Crippen molar-refractivity contribution >= 4 is 34.9 Å². The van der Waals surface area contributed by atoms with Gasteiger partial charge in [-0.15, -0.1) is 22.7 Å². The summed E-state index contributed by atoms with van der Waals surface area (Å²) in [5.74, 6) is 0. The zero-order chi connectivity index (χ0) is 31.1. The topological polar surface area (TPSA) is 121 Å². The van der Waals surface area contributed by atoms with E-state index in [-0.39, 0.29) is 25.3 Å². The molecule has 3 aromatic heterocycles. The summed E-state index contributed by atoms with van der Waals surface area (Å²) in [4.78, 5) is 41.3. The zero-order valence-corrected chi connectivity index (χ0v) is 26.3. The van der Waals surface area contributed by atoms with Gasteiger partial charge >= 0.3 is 12.2 Å². The van der Waals surface area contributed by atoms with E-state index in [1.165, 1.54) is 22.7 Å². The summed E-state index contributed by atoms with van der Waals surface area (Å²) in [5, 5.41) is 6.18. The average molecular weight is 645 g/mol. The molecule has 45 heavy (non-hydrogen) atoms. The number of hydrogen-bond donors (Lipinski definition) is 3. The molecule has 5 aromatic rings. The molecule has 2 amide bonds. The molecule has 10 nitrogen and oxygen atoms in total. The first-order chi connectivity index (χ1) is 22.1. The highest BCUT2D eigenvalue weighted by atomic mass is 32.1. The fourth-order valence-corrected chi connectivity index (χ4v) is 5.98. The maximum Gasteiger partial charge on any atom is 0.407 e. The Kier molecular flexibility index (Phi) is 12.1. The van der Waals surface area contributed by atoms with Crippen LogP contribution in [0.5, 0.6) is 0 Å². The number of ether oxygens (including phenoxy) is 2. The van der Waals surface area contributed by atoms with Crippen LogP contribution >= 0.6 is 22.7 Å². The van der Waals surface area contributed by atoms with Crippen molar-refractivity contribution in [3.05, 3.63) is 129 Å². The van der Waals surface area contributed by atoms with E-state index in [9.17, 15) is 9.59 Å². The van der Waals surface area contributed by atoms with Gasteiger partial charge < -0.3 is 25.1 Å². The normalized spacial score (nSPS) is 12.4. The van der Waals surface area contributed by atoms with Gasteiger partial charge in [0.2, 0.25) is 0 Å². The number of aromatic amines is 1. The second kappa shape index (κ2) is 17.1. The summed E-state index contributed by atoms with van der Waals surface area (Å²) in [5.41, 5.74) is 6.63. The lowest BCUT2D eigenvalue weighted by atomic mass is 10.0. The summed E-state index contributed by atoms with van der Waals surface area (Å²) in [7, 11) is 0. The molecule has 0 fully saturated rings. The molecule has 0 saturated heterocycles. The maximum atomic E-state index is 13.0. The van der Waals surface area contributed by atoms with Crippen LogP contribution in [-0.4, -0.2) is 57.2 Å². The average Bonchev–Trinajstić information content (AvgIpc) is 3.85. The summed E-state index contributed by atoms with van der Waals surface area (Å²) < 4.78 is 11.1. The fraction of sp³-hybridized carbons (Fsp3) is 0.273. The molecule has 0 radical (unpaired) electrons. The quantitative estimate of drug-likeness (QED) is 0.124. The number of H-pyrrole nitrogens is 1. The number of hydrogen-bond acceptors (Lipinski definition) is 9. The van der Waals surface area contributed by atoms with Crippen molar-refractivity contribution in [2.75, 3.05) is 13.1 Å². The van der Waals surface area contributed by atoms with Crippen LogP contribution in [0.3, 0.4) is 0 Å². The van der Waals surface area contributed by atoms with Gasteiger partial charge in [0.05, 0.1) is 20.8 Å². The van der Waals surface area contributed by atoms with E-state index in [4.69, 9.17) is 9.47 Å². The van der Waals surface area contributed by atoms with E-state index in [2.05, 4.69) is 30.5 Å². The third-order valence-corrected chi connectivity index (χ3v) is 8.47. The maximum absolute atomic E-state index is 13.0. The van der Waals surface area contributed by atoms with Crippen molar-refractivity contribution < 1.29 is 19.1 Å². The highest BCUT2D eigenvalue weighted by Crippen LogP contribution is 2.13. The number of benzene rings is 2. The first-order valence-electron chi connectivity index (χ1n) is 14.6. The van der Waals surface area contributed by atoms with Gasteiger partial charge in [-0.2, -0.15) is 0 Å². The third-order valence-electron chi connectivity index (χ3n) is 6.97. The minimum atomic E-state index is -0.491. The Morgan fingerprint density at radius 1 is 0.733 bits per heavy atom. The second-order valence-electron chi connectivity index (χ2n) is 10.5. The van der Waals surface area contributed by atoms with Crippen LogP contribution in [0, 0.1) is 0 Å². The van der Waals surface area contributed by atoms with Crippen LogP contribution in [0.25, 0.3) is 0 Å². The molecule has 2 atom stereocenters. The van der Waals surface area contributed by atoms with E-state index in [1.807, 2.05) is 79.0 Å². The first kappa shape index (κ1) is 31.9. The molecule has 0 aliphatic carbocycles. The molecule has 12 heteroatoms. The molecular weight excluding hydrogens is 609 g/mol. The minimum absolute atomic E-state index is 0.160. The van der Waals surface area contributed by atoms with Crippen LogP contribution < -0.4 is 10.6 Å². The Hall–Kier alpha value is -4.52. The lowest BCUT2D eigenvalue weighted by molar-refractivity contribution is 0.125. The number of aromatic nitrogens is 3. The van der Waals surface area contributed by atoms with Crippen LogP contribution in [0.15, 0.2) is 102 Å². The molecule has 0 spiro atoms. The molecule has 2 aromatic carbocycles. The Morgan fingerprint density at radius 2 is 1.24 bits per heavy atom. The lowest BCUT2D eigenvalue weighted by Gasteiger charge is -2.31. The fourth-order valence-electron chi connectivity index (χ4n) is 4.97. The number of carbonyl (C=O) groups excluding carboxylic acids is 2. The molecule has 0 aliphatic rings. The van der Waals surface area contributed by atoms with E-state index in [1.54, 1.807) is 23.4 Å². The van der Waals surface area contributed by atoms with Crippen molar-refractivity contribution in [2.45, 2.75) is 44.7 Å². The number of nitrogens with zero attached hydrogens (tertiary/aromatic N) is 3. The lowest BCUT2D eigenvalue weighted by Crippen LogP contribution is -2.50. The van der Waals surface area contributed by atoms with Gasteiger partial charge in [-0.1, -0.05) is 60.7 Å². The van der Waals surface area contributed by atoms with Gasteiger partial charge in [-0.25, -0.2) is 9.59 Å². The van der Waals surface area contributed by atoms with Gasteiger partial charge in [-0.05, 0) is 36.1 Å². The number of amides is 2. The summed E-state index contributed by atoms with van der Waals surface area (Å²) >= 11 is 2.88. The monoisotopic (exact) mass is 644 g/mol. The number of nitrogens with one attached hydrogen (secondary N) is 3. The van der Waals surface area contributed by atoms with Crippen molar-refractivity contribution in [1.82, 2.24) is 30.5 Å². The Labute approximate surface area is 270 Å². The summed E-state index contributed by atoms with van der Waals surface area (Å²) in [6, 6.07) is 23.5. The molecule has 0 bridgehead atoms. The van der Waals surface area contributed by atoms with Gasteiger partial charge in [-0.3, -0.25) is 14.9 Å². The van der Waals surface area contributed by atoms with Crippen LogP contribution in [0.1, 0.15) is 26.6 Å². The Bertz CT molecular complexity index is 1440. The number of alkyl carbamates (subject to hydrolysis) is 2. The zero-order valence-electron chi connectivity index (χ0n) is 24.7. The largest absolute Gasteiger partial charge is 0.444 e. The van der Waals surface area contributed by atoms with Crippen LogP contribution in [-0.2, 0) is 42.1 Å². The minimum Gasteiger partial charge on any atom is -0.444 e. The second-order valence-corrected chi connectivity index (χ2v) is 12.5. The summed E-state index contributed by atoms with van der Waals surface area (Å²) in [6.45, 7) is 1.92. The van der Waals surface area contributed by atoms with Gasteiger partial charge in [0.1, 0.15) is 13.2 Å². The smallest absolute Gasteiger partial charge is 0.407 e. The van der Waals surface area contributed by atoms with E-state index in [0.717, 1.165) is 26.6 Å². The Morgan fingerprint density at radius 3 is 1.67 bits per heavy atom. The molecule has 3 heterocycles. The molecule has 3 N–H and O–H groups in total. The molecule has 5 rings (SSSR count). The van der Waals surface area contributed by atoms with Gasteiger partial charge in [0.25, 0.3) is 0 Å². The highest BCUT2D eigenvalue weighted by molar-refractivity contribution is 7.09. The number of thiazole rings is 2. The van der Waals surface area contributed by atoms with Crippen LogP contribution in [0.2, 0.25) is 0 Å². The standard InChI is InChI=1S/C33H36N6O4S2/c40-32(42-21-30-16-34-23-44-30)37-28(14-25-8-3-1-4-9-25)19-39(18-27-12-7-13-36-27)20-29(15-26-10-5-2-6-11-26)38-33(41)43-22-31-17-35-24-45-31/h1-13,16-17,23-24,28-29,36H,14-15,18-22H2,(H,37,40)(H,38,41)/t28-,29-/m0/s1. The SMILES string of the molecule is O=C(N[C@@H](Cc1ccccc1)CN(Cc1ccc[nH]1)C[C@H](Cc1ccccc1)NC(=O)OCc1cncs1)OCc1cncs1.